The van der Waals surface area contributed by atoms with E-state index >= 15 is 0 Å². The van der Waals surface area contributed by atoms with E-state index in [0.29, 0.717) is 10.8 Å². The molecular formula is C12H6BrClN2O. The summed E-state index contributed by atoms with van der Waals surface area (Å²) in [6.07, 6.45) is 0.809. The van der Waals surface area contributed by atoms with Crippen LogP contribution in [-0.4, -0.2) is 15.7 Å². The Labute approximate surface area is 110 Å². The van der Waals surface area contributed by atoms with Gasteiger partial charge in [-0.15, -0.1) is 0 Å². The molecule has 0 atom stereocenters. The van der Waals surface area contributed by atoms with Crippen molar-refractivity contribution >= 4 is 50.4 Å². The van der Waals surface area contributed by atoms with Crippen molar-refractivity contribution in [2.75, 3.05) is 0 Å². The van der Waals surface area contributed by atoms with Crippen molar-refractivity contribution in [2.24, 2.45) is 0 Å². The molecule has 3 rings (SSSR count). The Morgan fingerprint density at radius 3 is 2.82 bits per heavy atom. The molecule has 2 heterocycles. The maximum atomic E-state index is 11.0. The van der Waals surface area contributed by atoms with Gasteiger partial charge >= 0.3 is 0 Å². The molecule has 17 heavy (non-hydrogen) atoms. The number of hydrogen-bond donors (Lipinski definition) is 0. The molecule has 0 aliphatic carbocycles. The normalized spacial score (nSPS) is 11.2. The summed E-state index contributed by atoms with van der Waals surface area (Å²) in [6.45, 7) is 0. The van der Waals surface area contributed by atoms with Gasteiger partial charge in [0.15, 0.2) is 11.4 Å². The number of nitrogens with zero attached hydrogens (tertiary/aromatic N) is 2. The molecule has 0 unspecified atom stereocenters. The molecule has 0 aliphatic heterocycles. The number of hydrogen-bond acceptors (Lipinski definition) is 2. The highest BCUT2D eigenvalue weighted by Crippen LogP contribution is 2.26. The van der Waals surface area contributed by atoms with E-state index in [1.807, 2.05) is 22.6 Å². The minimum absolute atomic E-state index is 0.396. The van der Waals surface area contributed by atoms with Crippen LogP contribution in [0.5, 0.6) is 0 Å². The van der Waals surface area contributed by atoms with Crippen molar-refractivity contribution < 1.29 is 4.79 Å². The Hall–Kier alpha value is -1.39. The van der Waals surface area contributed by atoms with E-state index in [9.17, 15) is 4.79 Å². The maximum absolute atomic E-state index is 11.0. The summed E-state index contributed by atoms with van der Waals surface area (Å²) < 4.78 is 2.74. The number of carbonyl (C=O) groups excluding carboxylic acids is 1. The molecule has 0 radical (unpaired) electrons. The van der Waals surface area contributed by atoms with Gasteiger partial charge in [0.25, 0.3) is 0 Å². The summed E-state index contributed by atoms with van der Waals surface area (Å²) in [4.78, 5) is 15.3. The average Bonchev–Trinajstić information content (AvgIpc) is 2.75. The number of aromatic nitrogens is 2. The lowest BCUT2D eigenvalue weighted by Gasteiger charge is -2.06. The molecule has 3 nitrogen and oxygen atoms in total. The highest BCUT2D eigenvalue weighted by atomic mass is 79.9. The van der Waals surface area contributed by atoms with E-state index in [4.69, 9.17) is 11.6 Å². The van der Waals surface area contributed by atoms with Gasteiger partial charge in [-0.3, -0.25) is 4.79 Å². The van der Waals surface area contributed by atoms with Crippen molar-refractivity contribution in [2.45, 2.75) is 0 Å². The van der Waals surface area contributed by atoms with Crippen LogP contribution in [0.2, 0.25) is 5.15 Å². The van der Waals surface area contributed by atoms with Gasteiger partial charge in [-0.25, -0.2) is 4.98 Å². The predicted octanol–water partition coefficient (Wildman–Crippen LogP) is 3.72. The lowest BCUT2D eigenvalue weighted by molar-refractivity contribution is 0.111. The first-order valence-corrected chi connectivity index (χ1v) is 6.09. The Morgan fingerprint density at radius 1 is 1.24 bits per heavy atom. The van der Waals surface area contributed by atoms with Crippen LogP contribution in [0.15, 0.2) is 34.8 Å². The van der Waals surface area contributed by atoms with Crippen LogP contribution < -0.4 is 0 Å². The fourth-order valence-electron chi connectivity index (χ4n) is 1.91. The zero-order chi connectivity index (χ0) is 12.0. The molecule has 0 spiro atoms. The van der Waals surface area contributed by atoms with Crippen molar-refractivity contribution in [3.8, 4) is 0 Å². The van der Waals surface area contributed by atoms with Crippen LogP contribution in [0.25, 0.3) is 16.6 Å². The smallest absolute Gasteiger partial charge is 0.166 e. The molecule has 0 saturated heterocycles. The fraction of sp³-hybridized carbons (Fsp3) is 0. The third-order valence-corrected chi connectivity index (χ3v) is 3.41. The first-order valence-electron chi connectivity index (χ1n) is 4.92. The maximum Gasteiger partial charge on any atom is 0.166 e. The van der Waals surface area contributed by atoms with E-state index in [1.165, 1.54) is 0 Å². The molecule has 0 saturated carbocycles. The van der Waals surface area contributed by atoms with Gasteiger partial charge in [-0.1, -0.05) is 27.5 Å². The second-order valence-corrected chi connectivity index (χ2v) is 4.91. The van der Waals surface area contributed by atoms with E-state index < -0.39 is 0 Å². The lowest BCUT2D eigenvalue weighted by atomic mass is 10.3. The van der Waals surface area contributed by atoms with E-state index in [0.717, 1.165) is 27.3 Å². The van der Waals surface area contributed by atoms with Crippen LogP contribution in [0, 0.1) is 0 Å². The number of halogens is 2. The minimum Gasteiger partial charge on any atom is -0.302 e. The Bertz CT molecular complexity index is 751. The standard InChI is InChI=1S/C12H6BrClN2O/c13-7-1-3-9-11(5-7)16-8(6-17)2-4-10(16)12(14)15-9/h1-6H. The van der Waals surface area contributed by atoms with E-state index in [-0.39, 0.29) is 0 Å². The second kappa shape index (κ2) is 3.82. The molecule has 0 bridgehead atoms. The molecule has 1 aromatic carbocycles. The zero-order valence-electron chi connectivity index (χ0n) is 8.52. The first-order chi connectivity index (χ1) is 8.20. The van der Waals surface area contributed by atoms with Gasteiger partial charge in [-0.05, 0) is 30.3 Å². The van der Waals surface area contributed by atoms with Gasteiger partial charge in [0, 0.05) is 4.47 Å². The topological polar surface area (TPSA) is 34.4 Å². The van der Waals surface area contributed by atoms with Gasteiger partial charge in [0.2, 0.25) is 0 Å². The molecule has 0 fully saturated rings. The summed E-state index contributed by atoms with van der Waals surface area (Å²) in [5.41, 5.74) is 2.91. The summed E-state index contributed by atoms with van der Waals surface area (Å²) in [7, 11) is 0. The van der Waals surface area contributed by atoms with Gasteiger partial charge in [-0.2, -0.15) is 0 Å². The zero-order valence-corrected chi connectivity index (χ0v) is 10.9. The molecule has 5 heteroatoms. The Kier molecular flexibility index (Phi) is 2.42. The number of benzene rings is 1. The van der Waals surface area contributed by atoms with Crippen molar-refractivity contribution in [1.82, 2.24) is 9.38 Å². The SMILES string of the molecule is O=Cc1ccc2c(Cl)nc3ccc(Br)cc3n12. The van der Waals surface area contributed by atoms with Crippen molar-refractivity contribution in [3.63, 3.8) is 0 Å². The molecule has 2 aromatic heterocycles. The highest BCUT2D eigenvalue weighted by molar-refractivity contribution is 9.10. The summed E-state index contributed by atoms with van der Waals surface area (Å²) >= 11 is 9.50. The minimum atomic E-state index is 0.396. The van der Waals surface area contributed by atoms with Gasteiger partial charge in [0.1, 0.15) is 0 Å². The van der Waals surface area contributed by atoms with Crippen LogP contribution in [0.4, 0.5) is 0 Å². The molecule has 3 aromatic rings. The van der Waals surface area contributed by atoms with Gasteiger partial charge in [0.05, 0.1) is 22.2 Å². The van der Waals surface area contributed by atoms with E-state index in [2.05, 4.69) is 20.9 Å². The quantitative estimate of drug-likeness (QED) is 0.642. The largest absolute Gasteiger partial charge is 0.302 e. The molecular weight excluding hydrogens is 304 g/mol. The van der Waals surface area contributed by atoms with Crippen LogP contribution in [-0.2, 0) is 0 Å². The van der Waals surface area contributed by atoms with Gasteiger partial charge < -0.3 is 4.40 Å². The summed E-state index contributed by atoms with van der Waals surface area (Å²) in [5, 5.41) is 0.396. The second-order valence-electron chi connectivity index (χ2n) is 3.63. The summed E-state index contributed by atoms with van der Waals surface area (Å²) in [5.74, 6) is 0. The molecule has 0 N–H and O–H groups in total. The molecule has 0 aliphatic rings. The average molecular weight is 310 g/mol. The Morgan fingerprint density at radius 2 is 2.06 bits per heavy atom. The molecule has 84 valence electrons. The predicted molar refractivity (Wildman–Crippen MR) is 70.8 cm³/mol. The first kappa shape index (κ1) is 10.7. The van der Waals surface area contributed by atoms with Crippen molar-refractivity contribution in [3.05, 3.63) is 45.7 Å². The van der Waals surface area contributed by atoms with Crippen molar-refractivity contribution in [1.29, 1.82) is 0 Å². The van der Waals surface area contributed by atoms with Crippen LogP contribution >= 0.6 is 27.5 Å². The van der Waals surface area contributed by atoms with Crippen LogP contribution in [0.3, 0.4) is 0 Å². The monoisotopic (exact) mass is 308 g/mol. The number of carbonyl (C=O) groups is 1. The third kappa shape index (κ3) is 1.56. The number of fused-ring (bicyclic) bond motifs is 3. The highest BCUT2D eigenvalue weighted by Gasteiger charge is 2.10. The number of rotatable bonds is 1. The number of aldehydes is 1. The third-order valence-electron chi connectivity index (χ3n) is 2.64. The van der Waals surface area contributed by atoms with Crippen LogP contribution in [0.1, 0.15) is 10.5 Å². The Balaban J connectivity index is 2.62. The lowest BCUT2D eigenvalue weighted by Crippen LogP contribution is -1.96. The molecule has 0 amide bonds. The van der Waals surface area contributed by atoms with E-state index in [1.54, 1.807) is 12.1 Å². The summed E-state index contributed by atoms with van der Waals surface area (Å²) in [6, 6.07) is 9.19. The fourth-order valence-corrected chi connectivity index (χ4v) is 2.50.